The predicted octanol–water partition coefficient (Wildman–Crippen LogP) is 4.05. The summed E-state index contributed by atoms with van der Waals surface area (Å²) in [6.45, 7) is 6.46. The monoisotopic (exact) mass is 332 g/mol. The number of hydrogen-bond donors (Lipinski definition) is 0. The highest BCUT2D eigenvalue weighted by Gasteiger charge is 2.42. The highest BCUT2D eigenvalue weighted by atomic mass is 35.5. The van der Waals surface area contributed by atoms with Crippen molar-refractivity contribution < 1.29 is 13.0 Å². The number of hydrogen-bond acceptors (Lipinski definition) is 3. The first-order chi connectivity index (χ1) is 9.34. The summed E-state index contributed by atoms with van der Waals surface area (Å²) in [5.41, 5.74) is 2.39. The Labute approximate surface area is 129 Å². The largest absolute Gasteiger partial charge is 0.490 e. The number of benzene rings is 1. The van der Waals surface area contributed by atoms with Crippen LogP contribution in [0, 0.1) is 0 Å². The fraction of sp³-hybridized carbons (Fsp3) is 0.571. The Bertz CT molecular complexity index is 400. The zero-order valence-corrected chi connectivity index (χ0v) is 15.8. The van der Waals surface area contributed by atoms with Gasteiger partial charge >= 0.3 is 8.80 Å². The minimum Gasteiger partial charge on any atom is -0.416 e. The first kappa shape index (κ1) is 17.9. The molecule has 0 N–H and O–H groups in total. The van der Waals surface area contributed by atoms with Gasteiger partial charge in [0.05, 0.1) is 0 Å². The Balaban J connectivity index is 2.70. The SMILES string of the molecule is CO[Si](CCc1ccc(CCl)cc1)(OC)O[Si](C)(C)C. The van der Waals surface area contributed by atoms with E-state index in [-0.39, 0.29) is 0 Å². The van der Waals surface area contributed by atoms with Crippen molar-refractivity contribution in [1.29, 1.82) is 0 Å². The van der Waals surface area contributed by atoms with Gasteiger partial charge in [-0.15, -0.1) is 11.6 Å². The van der Waals surface area contributed by atoms with Gasteiger partial charge in [-0.2, -0.15) is 0 Å². The predicted molar refractivity (Wildman–Crippen MR) is 88.7 cm³/mol. The van der Waals surface area contributed by atoms with E-state index in [0.717, 1.165) is 18.0 Å². The van der Waals surface area contributed by atoms with Gasteiger partial charge in [-0.1, -0.05) is 24.3 Å². The molecule has 1 rings (SSSR count). The molecular formula is C14H25ClO3Si2. The van der Waals surface area contributed by atoms with E-state index < -0.39 is 17.1 Å². The molecule has 0 unspecified atom stereocenters. The van der Waals surface area contributed by atoms with E-state index in [1.54, 1.807) is 14.2 Å². The van der Waals surface area contributed by atoms with E-state index in [1.807, 2.05) is 0 Å². The van der Waals surface area contributed by atoms with Crippen LogP contribution in [-0.2, 0) is 25.3 Å². The molecule has 0 spiro atoms. The summed E-state index contributed by atoms with van der Waals surface area (Å²) < 4.78 is 17.5. The molecule has 1 aromatic rings. The first-order valence-electron chi connectivity index (χ1n) is 6.78. The minimum atomic E-state index is -2.55. The van der Waals surface area contributed by atoms with E-state index >= 15 is 0 Å². The van der Waals surface area contributed by atoms with Crippen LogP contribution >= 0.6 is 11.6 Å². The summed E-state index contributed by atoms with van der Waals surface area (Å²) >= 11 is 5.80. The van der Waals surface area contributed by atoms with Crippen molar-refractivity contribution in [2.75, 3.05) is 14.2 Å². The van der Waals surface area contributed by atoms with Crippen LogP contribution in [0.3, 0.4) is 0 Å². The average molecular weight is 333 g/mol. The number of aryl methyl sites for hydroxylation is 1. The summed E-state index contributed by atoms with van der Waals surface area (Å²) in [7, 11) is -0.867. The van der Waals surface area contributed by atoms with Gasteiger partial charge in [0.2, 0.25) is 0 Å². The second-order valence-electron chi connectivity index (χ2n) is 5.76. The van der Waals surface area contributed by atoms with Gasteiger partial charge in [0.15, 0.2) is 8.32 Å². The smallest absolute Gasteiger partial charge is 0.416 e. The summed E-state index contributed by atoms with van der Waals surface area (Å²) in [6.07, 6.45) is 0.890. The Morgan fingerprint density at radius 2 is 1.45 bits per heavy atom. The van der Waals surface area contributed by atoms with Crippen LogP contribution < -0.4 is 0 Å². The fourth-order valence-corrected chi connectivity index (χ4v) is 8.14. The summed E-state index contributed by atoms with van der Waals surface area (Å²) in [5.74, 6) is 0.549. The van der Waals surface area contributed by atoms with Crippen molar-refractivity contribution in [3.63, 3.8) is 0 Å². The molecule has 0 heterocycles. The second-order valence-corrected chi connectivity index (χ2v) is 13.7. The van der Waals surface area contributed by atoms with Crippen LogP contribution in [-0.4, -0.2) is 31.3 Å². The van der Waals surface area contributed by atoms with Crippen LogP contribution in [0.2, 0.25) is 25.7 Å². The third kappa shape index (κ3) is 5.67. The first-order valence-corrected chi connectivity index (χ1v) is 12.7. The zero-order valence-electron chi connectivity index (χ0n) is 13.0. The van der Waals surface area contributed by atoms with Crippen molar-refractivity contribution >= 4 is 28.7 Å². The lowest BCUT2D eigenvalue weighted by molar-refractivity contribution is 0.158. The van der Waals surface area contributed by atoms with E-state index in [0.29, 0.717) is 5.88 Å². The standard InChI is InChI=1S/C14H25ClO3Si2/c1-16-20(17-2,18-19(3,4)5)11-10-13-6-8-14(12-15)9-7-13/h6-9H,10-12H2,1-5H3. The Morgan fingerprint density at radius 1 is 0.950 bits per heavy atom. The lowest BCUT2D eigenvalue weighted by atomic mass is 10.1. The maximum atomic E-state index is 6.20. The Morgan fingerprint density at radius 3 is 1.85 bits per heavy atom. The average Bonchev–Trinajstić information content (AvgIpc) is 2.43. The van der Waals surface area contributed by atoms with E-state index in [2.05, 4.69) is 43.9 Å². The molecule has 0 aliphatic rings. The Kier molecular flexibility index (Phi) is 6.90. The van der Waals surface area contributed by atoms with Crippen molar-refractivity contribution in [1.82, 2.24) is 0 Å². The van der Waals surface area contributed by atoms with Crippen molar-refractivity contribution in [2.45, 2.75) is 38.0 Å². The summed E-state index contributed by atoms with van der Waals surface area (Å²) in [6, 6.07) is 9.13. The molecular weight excluding hydrogens is 308 g/mol. The summed E-state index contributed by atoms with van der Waals surface area (Å²) in [5, 5.41) is 0. The molecule has 0 amide bonds. The van der Waals surface area contributed by atoms with Gasteiger partial charge in [0.1, 0.15) is 0 Å². The third-order valence-corrected chi connectivity index (χ3v) is 9.09. The topological polar surface area (TPSA) is 27.7 Å². The van der Waals surface area contributed by atoms with Gasteiger partial charge in [-0.25, -0.2) is 0 Å². The molecule has 0 fully saturated rings. The van der Waals surface area contributed by atoms with Crippen LogP contribution in [0.25, 0.3) is 0 Å². The van der Waals surface area contributed by atoms with Gasteiger partial charge in [-0.3, -0.25) is 0 Å². The molecule has 0 aliphatic heterocycles. The second kappa shape index (κ2) is 7.72. The highest BCUT2D eigenvalue weighted by Crippen LogP contribution is 2.22. The lowest BCUT2D eigenvalue weighted by Gasteiger charge is -2.33. The maximum Gasteiger partial charge on any atom is 0.490 e. The van der Waals surface area contributed by atoms with Crippen LogP contribution in [0.5, 0.6) is 0 Å². The Hall–Kier alpha value is -0.176. The van der Waals surface area contributed by atoms with Crippen LogP contribution in [0.15, 0.2) is 24.3 Å². The molecule has 0 aromatic heterocycles. The molecule has 114 valence electrons. The molecule has 0 saturated heterocycles. The number of rotatable bonds is 8. The van der Waals surface area contributed by atoms with E-state index in [9.17, 15) is 0 Å². The third-order valence-electron chi connectivity index (χ3n) is 2.98. The molecule has 0 radical (unpaired) electrons. The number of alkyl halides is 1. The highest BCUT2D eigenvalue weighted by molar-refractivity contribution is 6.79. The van der Waals surface area contributed by atoms with E-state index in [1.165, 1.54) is 5.56 Å². The normalized spacial score (nSPS) is 12.7. The molecule has 0 atom stereocenters. The van der Waals surface area contributed by atoms with E-state index in [4.69, 9.17) is 24.6 Å². The quantitative estimate of drug-likeness (QED) is 0.531. The van der Waals surface area contributed by atoms with Crippen molar-refractivity contribution in [2.24, 2.45) is 0 Å². The molecule has 3 nitrogen and oxygen atoms in total. The molecule has 1 aromatic carbocycles. The lowest BCUT2D eigenvalue weighted by Crippen LogP contribution is -2.51. The molecule has 6 heteroatoms. The molecule has 0 aliphatic carbocycles. The maximum absolute atomic E-state index is 6.20. The van der Waals surface area contributed by atoms with Crippen LogP contribution in [0.1, 0.15) is 11.1 Å². The van der Waals surface area contributed by atoms with Gasteiger partial charge in [0.25, 0.3) is 0 Å². The molecule has 0 bridgehead atoms. The fourth-order valence-electron chi connectivity index (χ4n) is 1.98. The zero-order chi connectivity index (χ0) is 15.2. The minimum absolute atomic E-state index is 0.549. The number of halogens is 1. The van der Waals surface area contributed by atoms with Gasteiger partial charge in [-0.05, 0) is 37.2 Å². The molecule has 20 heavy (non-hydrogen) atoms. The summed E-state index contributed by atoms with van der Waals surface area (Å²) in [4.78, 5) is 0. The van der Waals surface area contributed by atoms with Crippen molar-refractivity contribution in [3.05, 3.63) is 35.4 Å². The molecule has 0 saturated carbocycles. The van der Waals surface area contributed by atoms with Gasteiger partial charge < -0.3 is 13.0 Å². The van der Waals surface area contributed by atoms with Gasteiger partial charge in [0, 0.05) is 26.1 Å². The van der Waals surface area contributed by atoms with Crippen molar-refractivity contribution in [3.8, 4) is 0 Å². The van der Waals surface area contributed by atoms with Crippen LogP contribution in [0.4, 0.5) is 0 Å².